The van der Waals surface area contributed by atoms with E-state index in [0.717, 1.165) is 10.6 Å². The minimum atomic E-state index is 0.525. The summed E-state index contributed by atoms with van der Waals surface area (Å²) in [5.41, 5.74) is 1.39. The van der Waals surface area contributed by atoms with Gasteiger partial charge in [-0.25, -0.2) is 4.98 Å². The Kier molecular flexibility index (Phi) is 2.70. The Morgan fingerprint density at radius 1 is 1.53 bits per heavy atom. The molecule has 4 nitrogen and oxygen atoms in total. The first-order valence-corrected chi connectivity index (χ1v) is 5.05. The summed E-state index contributed by atoms with van der Waals surface area (Å²) in [6, 6.07) is 3.76. The molecule has 2 aromatic heterocycles. The Balaban J connectivity index is 2.28. The van der Waals surface area contributed by atoms with E-state index in [2.05, 4.69) is 16.0 Å². The van der Waals surface area contributed by atoms with Crippen LogP contribution in [0.15, 0.2) is 39.3 Å². The van der Waals surface area contributed by atoms with E-state index in [9.17, 15) is 0 Å². The first-order valence-electron chi connectivity index (χ1n) is 4.23. The molecule has 0 spiro atoms. The van der Waals surface area contributed by atoms with Crippen molar-refractivity contribution in [2.75, 3.05) is 0 Å². The summed E-state index contributed by atoms with van der Waals surface area (Å²) in [7, 11) is 0. The molecular weight excluding hydrogens is 210 g/mol. The van der Waals surface area contributed by atoms with Gasteiger partial charge < -0.3 is 4.42 Å². The van der Waals surface area contributed by atoms with E-state index in [1.54, 1.807) is 24.7 Å². The normalized spacial score (nSPS) is 9.87. The Morgan fingerprint density at radius 3 is 3.07 bits per heavy atom. The number of rotatable bonds is 2. The second-order valence-electron chi connectivity index (χ2n) is 2.84. The van der Waals surface area contributed by atoms with Gasteiger partial charge in [0.15, 0.2) is 0 Å². The Bertz CT molecular complexity index is 515. The first kappa shape index (κ1) is 9.74. The quantitative estimate of drug-likeness (QED) is 0.772. The van der Waals surface area contributed by atoms with Crippen molar-refractivity contribution in [3.05, 3.63) is 36.0 Å². The van der Waals surface area contributed by atoms with Gasteiger partial charge in [0.1, 0.15) is 12.3 Å². The molecule has 15 heavy (non-hydrogen) atoms. The van der Waals surface area contributed by atoms with Crippen LogP contribution in [0, 0.1) is 18.3 Å². The van der Waals surface area contributed by atoms with Crippen LogP contribution < -0.4 is 0 Å². The van der Waals surface area contributed by atoms with Crippen LogP contribution in [-0.4, -0.2) is 9.97 Å². The average Bonchev–Trinajstić information content (AvgIpc) is 2.65. The maximum Gasteiger partial charge on any atom is 0.260 e. The second-order valence-corrected chi connectivity index (χ2v) is 3.83. The fourth-order valence-corrected chi connectivity index (χ4v) is 1.84. The standard InChI is InChI=1S/C10H7N3OS/c1-7-6-14-10(13-7)15-9-5-12-3-2-8(9)4-11/h2-3,5-6H,1H3. The zero-order chi connectivity index (χ0) is 10.7. The largest absolute Gasteiger partial charge is 0.439 e. The highest BCUT2D eigenvalue weighted by molar-refractivity contribution is 7.99. The minimum Gasteiger partial charge on any atom is -0.439 e. The molecule has 0 atom stereocenters. The summed E-state index contributed by atoms with van der Waals surface area (Å²) in [4.78, 5) is 8.85. The molecule has 2 heterocycles. The van der Waals surface area contributed by atoms with E-state index in [1.165, 1.54) is 11.8 Å². The lowest BCUT2D eigenvalue weighted by molar-refractivity contribution is 0.454. The van der Waals surface area contributed by atoms with Crippen LogP contribution in [0.25, 0.3) is 0 Å². The highest BCUT2D eigenvalue weighted by atomic mass is 32.2. The van der Waals surface area contributed by atoms with E-state index in [0.29, 0.717) is 10.8 Å². The van der Waals surface area contributed by atoms with Gasteiger partial charge in [0.25, 0.3) is 5.22 Å². The molecule has 0 bridgehead atoms. The number of nitriles is 1. The van der Waals surface area contributed by atoms with Crippen LogP contribution in [0.5, 0.6) is 0 Å². The van der Waals surface area contributed by atoms with Gasteiger partial charge in [0.05, 0.1) is 16.2 Å². The van der Waals surface area contributed by atoms with Crippen LogP contribution in [0.3, 0.4) is 0 Å². The van der Waals surface area contributed by atoms with Crippen molar-refractivity contribution in [3.63, 3.8) is 0 Å². The molecule has 0 aliphatic carbocycles. The molecule has 0 unspecified atom stereocenters. The van der Waals surface area contributed by atoms with Gasteiger partial charge in [-0.3, -0.25) is 4.98 Å². The third-order valence-corrected chi connectivity index (χ3v) is 2.61. The molecule has 0 aromatic carbocycles. The summed E-state index contributed by atoms with van der Waals surface area (Å²) >= 11 is 1.30. The fourth-order valence-electron chi connectivity index (χ4n) is 1.03. The van der Waals surface area contributed by atoms with Gasteiger partial charge in [-0.05, 0) is 24.8 Å². The lowest BCUT2D eigenvalue weighted by Gasteiger charge is -1.97. The van der Waals surface area contributed by atoms with Crippen LogP contribution in [0.4, 0.5) is 0 Å². The molecule has 0 saturated heterocycles. The van der Waals surface area contributed by atoms with Crippen LogP contribution in [0.1, 0.15) is 11.3 Å². The topological polar surface area (TPSA) is 62.7 Å². The summed E-state index contributed by atoms with van der Waals surface area (Å²) in [5.74, 6) is 0. The van der Waals surface area contributed by atoms with Crippen molar-refractivity contribution in [2.24, 2.45) is 0 Å². The monoisotopic (exact) mass is 217 g/mol. The number of pyridine rings is 1. The van der Waals surface area contributed by atoms with Crippen molar-refractivity contribution < 1.29 is 4.42 Å². The molecule has 0 aliphatic rings. The molecule has 74 valence electrons. The third-order valence-electron chi connectivity index (χ3n) is 1.70. The SMILES string of the molecule is Cc1coc(Sc2cnccc2C#N)n1. The van der Waals surface area contributed by atoms with Crippen molar-refractivity contribution in [2.45, 2.75) is 17.0 Å². The summed E-state index contributed by atoms with van der Waals surface area (Å²) in [6.07, 6.45) is 4.79. The van der Waals surface area contributed by atoms with Crippen molar-refractivity contribution in [1.29, 1.82) is 5.26 Å². The van der Waals surface area contributed by atoms with Crippen LogP contribution >= 0.6 is 11.8 Å². The van der Waals surface area contributed by atoms with Crippen LogP contribution in [-0.2, 0) is 0 Å². The molecule has 0 aliphatic heterocycles. The van der Waals surface area contributed by atoms with E-state index in [1.807, 2.05) is 6.92 Å². The van der Waals surface area contributed by atoms with E-state index in [-0.39, 0.29) is 0 Å². The zero-order valence-corrected chi connectivity index (χ0v) is 8.78. The maximum atomic E-state index is 8.86. The number of aryl methyl sites for hydroxylation is 1. The molecule has 0 N–H and O–H groups in total. The number of nitrogens with zero attached hydrogens (tertiary/aromatic N) is 3. The predicted octanol–water partition coefficient (Wildman–Crippen LogP) is 2.40. The summed E-state index contributed by atoms with van der Waals surface area (Å²) in [6.45, 7) is 1.85. The second kappa shape index (κ2) is 4.15. The molecule has 2 rings (SSSR count). The highest BCUT2D eigenvalue weighted by Crippen LogP contribution is 2.28. The van der Waals surface area contributed by atoms with E-state index >= 15 is 0 Å². The van der Waals surface area contributed by atoms with Crippen molar-refractivity contribution in [3.8, 4) is 6.07 Å². The molecule has 0 fully saturated rings. The first-order chi connectivity index (χ1) is 7.29. The summed E-state index contributed by atoms with van der Waals surface area (Å²) < 4.78 is 5.18. The zero-order valence-electron chi connectivity index (χ0n) is 7.97. The number of hydrogen-bond acceptors (Lipinski definition) is 5. The molecule has 0 amide bonds. The number of aromatic nitrogens is 2. The van der Waals surface area contributed by atoms with Gasteiger partial charge in [-0.2, -0.15) is 5.26 Å². The average molecular weight is 217 g/mol. The number of oxazole rings is 1. The van der Waals surface area contributed by atoms with Gasteiger partial charge in [-0.15, -0.1) is 0 Å². The van der Waals surface area contributed by atoms with Gasteiger partial charge >= 0.3 is 0 Å². The smallest absolute Gasteiger partial charge is 0.260 e. The Labute approximate surface area is 91.0 Å². The Hall–Kier alpha value is -1.80. The number of hydrogen-bond donors (Lipinski definition) is 0. The lowest BCUT2D eigenvalue weighted by Crippen LogP contribution is -1.82. The minimum absolute atomic E-state index is 0.525. The van der Waals surface area contributed by atoms with Gasteiger partial charge in [0.2, 0.25) is 0 Å². The van der Waals surface area contributed by atoms with Crippen molar-refractivity contribution >= 4 is 11.8 Å². The van der Waals surface area contributed by atoms with E-state index in [4.69, 9.17) is 9.68 Å². The fraction of sp³-hybridized carbons (Fsp3) is 0.100. The molecule has 0 saturated carbocycles. The summed E-state index contributed by atoms with van der Waals surface area (Å²) in [5, 5.41) is 9.38. The molecule has 0 radical (unpaired) electrons. The van der Waals surface area contributed by atoms with Crippen molar-refractivity contribution in [1.82, 2.24) is 9.97 Å². The van der Waals surface area contributed by atoms with Gasteiger partial charge in [-0.1, -0.05) is 0 Å². The highest BCUT2D eigenvalue weighted by Gasteiger charge is 2.07. The lowest BCUT2D eigenvalue weighted by atomic mass is 10.3. The molecular formula is C10H7N3OS. The Morgan fingerprint density at radius 2 is 2.40 bits per heavy atom. The van der Waals surface area contributed by atoms with Crippen LogP contribution in [0.2, 0.25) is 0 Å². The molecule has 5 heteroatoms. The predicted molar refractivity (Wildman–Crippen MR) is 54.3 cm³/mol. The molecule has 2 aromatic rings. The van der Waals surface area contributed by atoms with E-state index < -0.39 is 0 Å². The third kappa shape index (κ3) is 2.17. The van der Waals surface area contributed by atoms with Gasteiger partial charge in [0, 0.05) is 12.4 Å². The maximum absolute atomic E-state index is 8.86.